The van der Waals surface area contributed by atoms with Gasteiger partial charge >= 0.3 is 11.7 Å². The highest BCUT2D eigenvalue weighted by Gasteiger charge is 2.53. The van der Waals surface area contributed by atoms with Gasteiger partial charge in [-0.3, -0.25) is 0 Å². The summed E-state index contributed by atoms with van der Waals surface area (Å²) in [5, 5.41) is 0. The molecule has 2 fully saturated rings. The van der Waals surface area contributed by atoms with E-state index in [1.54, 1.807) is 24.3 Å². The number of ether oxygens (including phenoxy) is 1. The summed E-state index contributed by atoms with van der Waals surface area (Å²) >= 11 is 0. The monoisotopic (exact) mass is 439 g/mol. The predicted molar refractivity (Wildman–Crippen MR) is 119 cm³/mol. The van der Waals surface area contributed by atoms with Gasteiger partial charge in [-0.1, -0.05) is 12.1 Å². The molecule has 2 unspecified atom stereocenters. The lowest BCUT2D eigenvalue weighted by molar-refractivity contribution is -0.997. The number of hydrogen-bond acceptors (Lipinski definition) is 3. The third kappa shape index (κ3) is 3.68. The number of nitrogens with zero attached hydrogens (tertiary/aromatic N) is 2. The molecule has 32 heavy (non-hydrogen) atoms. The number of aromatic nitrogens is 2. The second-order valence-corrected chi connectivity index (χ2v) is 8.83. The van der Waals surface area contributed by atoms with E-state index in [-0.39, 0.29) is 11.8 Å². The lowest BCUT2D eigenvalue weighted by Gasteiger charge is -2.46. The highest BCUT2D eigenvalue weighted by Crippen LogP contribution is 2.41. The van der Waals surface area contributed by atoms with E-state index < -0.39 is 5.69 Å². The maximum Gasteiger partial charge on any atom is 0.374 e. The number of aromatic amines is 1. The molecule has 2 saturated heterocycles. The Kier molecular flexibility index (Phi) is 5.46. The summed E-state index contributed by atoms with van der Waals surface area (Å²) in [5.74, 6) is 0.343. The third-order valence-corrected chi connectivity index (χ3v) is 7.06. The fraction of sp³-hybridized carbons (Fsp3) is 0.417. The molecule has 2 bridgehead atoms. The highest BCUT2D eigenvalue weighted by atomic mass is 19.1. The van der Waals surface area contributed by atoms with Crippen LogP contribution in [0.4, 0.5) is 9.18 Å². The van der Waals surface area contributed by atoms with Gasteiger partial charge in [-0.2, -0.15) is 5.43 Å². The molecule has 168 valence electrons. The van der Waals surface area contributed by atoms with Crippen LogP contribution in [0.5, 0.6) is 5.75 Å². The molecule has 0 saturated carbocycles. The van der Waals surface area contributed by atoms with E-state index in [2.05, 4.69) is 10.4 Å². The molecule has 0 aliphatic carbocycles. The number of hydrogen-bond donors (Lipinski definition) is 2. The number of halogens is 1. The zero-order valence-corrected chi connectivity index (χ0v) is 17.9. The second-order valence-electron chi connectivity index (χ2n) is 8.83. The Morgan fingerprint density at radius 2 is 1.81 bits per heavy atom. The maximum atomic E-state index is 13.4. The zero-order valence-electron chi connectivity index (χ0n) is 17.9. The van der Waals surface area contributed by atoms with Crippen LogP contribution >= 0.6 is 0 Å². The van der Waals surface area contributed by atoms with E-state index in [0.29, 0.717) is 40.1 Å². The number of piperidine rings is 1. The molecule has 0 spiro atoms. The minimum Gasteiger partial charge on any atom is -0.493 e. The molecule has 7 nitrogen and oxygen atoms in total. The zero-order chi connectivity index (χ0) is 22.1. The van der Waals surface area contributed by atoms with Crippen molar-refractivity contribution in [2.24, 2.45) is 0 Å². The van der Waals surface area contributed by atoms with E-state index >= 15 is 0 Å². The minimum atomic E-state index is -0.425. The highest BCUT2D eigenvalue weighted by molar-refractivity contribution is 5.88. The standard InChI is InChI=1S/C24H27FN4O3/c25-17-9-13-20(14-10-17)32-16-4-15-29(18-5-3-6-19(29)12-11-18)27-24(31)28-22-8-2-1-7-21(22)26-23(28)30/h1-2,7-10,13-14,18-19H,3-6,11-12,15-16H2,(H-,26,27,30,31)/p+1. The summed E-state index contributed by atoms with van der Waals surface area (Å²) in [5.41, 5.74) is 4.07. The SMILES string of the molecule is O=C(N[N+]1(CCCOc2ccc(F)cc2)C2CCCC1CC2)n1c(=O)[nH]c2ccccc21. The van der Waals surface area contributed by atoms with Crippen LogP contribution in [0.3, 0.4) is 0 Å². The van der Waals surface area contributed by atoms with Crippen molar-refractivity contribution in [2.45, 2.75) is 50.6 Å². The molecule has 3 heterocycles. The molecular weight excluding hydrogens is 411 g/mol. The van der Waals surface area contributed by atoms with Gasteiger partial charge in [0.2, 0.25) is 0 Å². The van der Waals surface area contributed by atoms with Gasteiger partial charge in [0.15, 0.2) is 0 Å². The largest absolute Gasteiger partial charge is 0.493 e. The number of rotatable bonds is 6. The summed E-state index contributed by atoms with van der Waals surface area (Å²) in [7, 11) is 0. The fourth-order valence-electron chi connectivity index (χ4n) is 5.62. The van der Waals surface area contributed by atoms with Crippen LogP contribution in [0.15, 0.2) is 53.3 Å². The molecule has 2 atom stereocenters. The van der Waals surface area contributed by atoms with Crippen molar-refractivity contribution in [1.82, 2.24) is 15.0 Å². The summed E-state index contributed by atoms with van der Waals surface area (Å²) in [4.78, 5) is 28.7. The van der Waals surface area contributed by atoms with Gasteiger partial charge in [-0.05, 0) is 42.8 Å². The van der Waals surface area contributed by atoms with Crippen LogP contribution in [0.1, 0.15) is 38.5 Å². The summed E-state index contributed by atoms with van der Waals surface area (Å²) in [6.07, 6.45) is 6.20. The van der Waals surface area contributed by atoms with Crippen LogP contribution in [-0.4, -0.2) is 45.4 Å². The van der Waals surface area contributed by atoms with Crippen LogP contribution in [0.25, 0.3) is 11.0 Å². The van der Waals surface area contributed by atoms with Gasteiger partial charge in [-0.25, -0.2) is 23.1 Å². The van der Waals surface area contributed by atoms with Crippen molar-refractivity contribution in [2.75, 3.05) is 13.2 Å². The Morgan fingerprint density at radius 3 is 2.56 bits per heavy atom. The molecule has 2 aromatic carbocycles. The number of imidazole rings is 1. The average Bonchev–Trinajstić information content (AvgIpc) is 3.16. The lowest BCUT2D eigenvalue weighted by Crippen LogP contribution is -2.69. The Morgan fingerprint density at radius 1 is 1.09 bits per heavy atom. The normalized spacial score (nSPS) is 24.5. The summed E-state index contributed by atoms with van der Waals surface area (Å²) in [6.45, 7) is 1.22. The van der Waals surface area contributed by atoms with E-state index in [1.807, 2.05) is 12.1 Å². The van der Waals surface area contributed by atoms with Crippen LogP contribution in [-0.2, 0) is 0 Å². The van der Waals surface area contributed by atoms with Gasteiger partial charge < -0.3 is 9.72 Å². The van der Waals surface area contributed by atoms with Crippen molar-refractivity contribution in [3.63, 3.8) is 0 Å². The van der Waals surface area contributed by atoms with Crippen LogP contribution in [0, 0.1) is 5.82 Å². The first-order valence-corrected chi connectivity index (χ1v) is 11.3. The predicted octanol–water partition coefficient (Wildman–Crippen LogP) is 3.94. The lowest BCUT2D eigenvalue weighted by atomic mass is 10.0. The quantitative estimate of drug-likeness (QED) is 0.451. The first-order chi connectivity index (χ1) is 15.6. The summed E-state index contributed by atoms with van der Waals surface area (Å²) < 4.78 is 20.6. The van der Waals surface area contributed by atoms with Crippen molar-refractivity contribution < 1.29 is 18.5 Å². The van der Waals surface area contributed by atoms with Gasteiger partial charge in [-0.15, -0.1) is 0 Å². The first kappa shape index (κ1) is 20.8. The Balaban J connectivity index is 1.34. The number of carbonyl (C=O) groups excluding carboxylic acids is 1. The molecule has 3 aromatic rings. The van der Waals surface area contributed by atoms with Crippen molar-refractivity contribution in [1.29, 1.82) is 0 Å². The van der Waals surface area contributed by atoms with Crippen molar-refractivity contribution >= 4 is 17.1 Å². The minimum absolute atomic E-state index is 0.290. The molecular formula is C24H28FN4O3+. The van der Waals surface area contributed by atoms with Gasteiger partial charge in [0.25, 0.3) is 0 Å². The number of nitrogens with one attached hydrogen (secondary N) is 2. The van der Waals surface area contributed by atoms with E-state index in [9.17, 15) is 14.0 Å². The fourth-order valence-corrected chi connectivity index (χ4v) is 5.62. The number of carbonyl (C=O) groups is 1. The first-order valence-electron chi connectivity index (χ1n) is 11.3. The third-order valence-electron chi connectivity index (χ3n) is 7.06. The number of H-pyrrole nitrogens is 1. The Labute approximate surface area is 185 Å². The molecule has 2 aliphatic rings. The average molecular weight is 440 g/mol. The Bertz CT molecular complexity index is 1150. The second kappa shape index (κ2) is 8.43. The van der Waals surface area contributed by atoms with Crippen LogP contribution in [0.2, 0.25) is 0 Å². The number of benzene rings is 2. The van der Waals surface area contributed by atoms with Crippen molar-refractivity contribution in [3.05, 3.63) is 64.8 Å². The van der Waals surface area contributed by atoms with Crippen molar-refractivity contribution in [3.8, 4) is 5.75 Å². The number of fused-ring (bicyclic) bond motifs is 3. The van der Waals surface area contributed by atoms with E-state index in [4.69, 9.17) is 4.74 Å². The number of amides is 1. The Hall–Kier alpha value is -3.13. The molecule has 2 aliphatic heterocycles. The molecule has 8 heteroatoms. The van der Waals surface area contributed by atoms with Gasteiger partial charge in [0, 0.05) is 32.1 Å². The van der Waals surface area contributed by atoms with E-state index in [1.165, 1.54) is 23.1 Å². The van der Waals surface area contributed by atoms with Crippen LogP contribution < -0.4 is 15.9 Å². The molecule has 5 rings (SSSR count). The molecule has 1 aromatic heterocycles. The molecule has 1 amide bonds. The smallest absolute Gasteiger partial charge is 0.374 e. The number of para-hydroxylation sites is 2. The topological polar surface area (TPSA) is 76.1 Å². The number of quaternary nitrogens is 1. The maximum absolute atomic E-state index is 13.4. The van der Waals surface area contributed by atoms with Gasteiger partial charge in [0.1, 0.15) is 30.2 Å². The molecule has 2 N–H and O–H groups in total. The van der Waals surface area contributed by atoms with E-state index in [0.717, 1.165) is 38.6 Å². The van der Waals surface area contributed by atoms with Gasteiger partial charge in [0.05, 0.1) is 17.6 Å². The summed E-state index contributed by atoms with van der Waals surface area (Å²) in [6, 6.07) is 13.5. The molecule has 0 radical (unpaired) electrons.